The minimum absolute atomic E-state index is 0.151. The molecule has 0 bridgehead atoms. The molecule has 4 aromatic rings. The molecular weight excluding hydrogens is 416 g/mol. The van der Waals surface area contributed by atoms with Gasteiger partial charge in [0.1, 0.15) is 5.76 Å². The summed E-state index contributed by atoms with van der Waals surface area (Å²) in [4.78, 5) is 43.4. The Kier molecular flexibility index (Phi) is 5.73. The van der Waals surface area contributed by atoms with Crippen LogP contribution in [0, 0.1) is 0 Å². The first kappa shape index (κ1) is 20.3. The Morgan fingerprint density at radius 2 is 1.29 bits per heavy atom. The van der Waals surface area contributed by atoms with Gasteiger partial charge in [-0.2, -0.15) is 9.88 Å². The number of halogens is 1. The van der Waals surface area contributed by atoms with E-state index < -0.39 is 23.4 Å². The highest BCUT2D eigenvalue weighted by Crippen LogP contribution is 2.25. The second-order valence-corrected chi connectivity index (χ2v) is 6.96. The molecule has 0 spiro atoms. The number of carbonyl (C=O) groups is 2. The zero-order valence-corrected chi connectivity index (χ0v) is 16.8. The van der Waals surface area contributed by atoms with Gasteiger partial charge >= 0.3 is 6.01 Å². The Morgan fingerprint density at radius 1 is 0.774 bits per heavy atom. The number of anilines is 1. The molecule has 1 aromatic heterocycles. The van der Waals surface area contributed by atoms with Crippen molar-refractivity contribution in [1.82, 2.24) is 4.98 Å². The highest BCUT2D eigenvalue weighted by Gasteiger charge is 2.30. The van der Waals surface area contributed by atoms with Gasteiger partial charge in [-0.15, -0.1) is 0 Å². The van der Waals surface area contributed by atoms with Gasteiger partial charge in [0.25, 0.3) is 17.4 Å². The summed E-state index contributed by atoms with van der Waals surface area (Å²) in [5.41, 5.74) is 0.378. The minimum atomic E-state index is -0.668. The molecule has 0 aliphatic heterocycles. The number of hydrogen-bond donors (Lipinski definition) is 0. The Bertz CT molecular complexity index is 1240. The van der Waals surface area contributed by atoms with Crippen molar-refractivity contribution in [3.05, 3.63) is 117 Å². The summed E-state index contributed by atoms with van der Waals surface area (Å²) >= 11 is 5.93. The van der Waals surface area contributed by atoms with Gasteiger partial charge in [0.05, 0.1) is 0 Å². The lowest BCUT2D eigenvalue weighted by atomic mass is 10.1. The molecule has 1 heterocycles. The van der Waals surface area contributed by atoms with Gasteiger partial charge in [-0.1, -0.05) is 48.0 Å². The molecule has 0 fully saturated rings. The largest absolute Gasteiger partial charge is 0.424 e. The van der Waals surface area contributed by atoms with E-state index in [1.54, 1.807) is 84.9 Å². The molecule has 0 N–H and O–H groups in total. The Labute approximate surface area is 182 Å². The lowest BCUT2D eigenvalue weighted by Gasteiger charge is -2.19. The fourth-order valence-corrected chi connectivity index (χ4v) is 3.05. The monoisotopic (exact) mass is 430 g/mol. The van der Waals surface area contributed by atoms with Crippen LogP contribution in [0.4, 0.5) is 6.01 Å². The third-order valence-electron chi connectivity index (χ3n) is 4.43. The summed E-state index contributed by atoms with van der Waals surface area (Å²) in [7, 11) is 0. The predicted octanol–water partition coefficient (Wildman–Crippen LogP) is 4.84. The molecule has 0 aliphatic rings. The Balaban J connectivity index is 1.85. The number of benzene rings is 3. The molecule has 31 heavy (non-hydrogen) atoms. The second-order valence-electron chi connectivity index (χ2n) is 6.53. The van der Waals surface area contributed by atoms with Crippen LogP contribution < -0.4 is 10.5 Å². The fourth-order valence-electron chi connectivity index (χ4n) is 2.93. The molecule has 0 saturated heterocycles. The quantitative estimate of drug-likeness (QED) is 0.433. The molecule has 2 amide bonds. The van der Waals surface area contributed by atoms with Crippen molar-refractivity contribution in [2.75, 3.05) is 4.90 Å². The Morgan fingerprint density at radius 3 is 1.81 bits per heavy atom. The lowest BCUT2D eigenvalue weighted by Crippen LogP contribution is -2.38. The maximum absolute atomic E-state index is 13.2. The summed E-state index contributed by atoms with van der Waals surface area (Å²) in [6.45, 7) is 0. The zero-order valence-electron chi connectivity index (χ0n) is 16.1. The number of hydrogen-bond acceptors (Lipinski definition) is 5. The maximum atomic E-state index is 13.2. The van der Waals surface area contributed by atoms with Crippen LogP contribution in [0.2, 0.25) is 5.02 Å². The van der Waals surface area contributed by atoms with E-state index in [-0.39, 0.29) is 16.9 Å². The maximum Gasteiger partial charge on any atom is 0.315 e. The van der Waals surface area contributed by atoms with E-state index in [1.165, 1.54) is 6.07 Å². The van der Waals surface area contributed by atoms with Crippen molar-refractivity contribution in [3.8, 4) is 11.3 Å². The summed E-state index contributed by atoms with van der Waals surface area (Å²) in [6.07, 6.45) is 0. The average Bonchev–Trinajstić information content (AvgIpc) is 2.80. The Hall–Kier alpha value is -4.03. The van der Waals surface area contributed by atoms with Crippen LogP contribution >= 0.6 is 11.6 Å². The smallest absolute Gasteiger partial charge is 0.315 e. The number of imide groups is 1. The van der Waals surface area contributed by atoms with Crippen LogP contribution in [0.5, 0.6) is 0 Å². The van der Waals surface area contributed by atoms with Crippen molar-refractivity contribution in [2.24, 2.45) is 0 Å². The number of aromatic nitrogens is 1. The first-order valence-corrected chi connectivity index (χ1v) is 9.68. The van der Waals surface area contributed by atoms with E-state index in [4.69, 9.17) is 16.0 Å². The van der Waals surface area contributed by atoms with Crippen molar-refractivity contribution in [1.29, 1.82) is 0 Å². The predicted molar refractivity (Wildman–Crippen MR) is 117 cm³/mol. The van der Waals surface area contributed by atoms with Gasteiger partial charge in [-0.3, -0.25) is 14.4 Å². The van der Waals surface area contributed by atoms with Crippen molar-refractivity contribution in [2.45, 2.75) is 0 Å². The van der Waals surface area contributed by atoms with Crippen LogP contribution in [0.1, 0.15) is 20.7 Å². The van der Waals surface area contributed by atoms with Crippen molar-refractivity contribution >= 4 is 29.4 Å². The van der Waals surface area contributed by atoms with Crippen LogP contribution in [0.3, 0.4) is 0 Å². The molecule has 0 aliphatic carbocycles. The van der Waals surface area contributed by atoms with Gasteiger partial charge in [-0.05, 0) is 48.5 Å². The molecule has 6 nitrogen and oxygen atoms in total. The van der Waals surface area contributed by atoms with Crippen LogP contribution in [-0.4, -0.2) is 16.8 Å². The van der Waals surface area contributed by atoms with Gasteiger partial charge in [0, 0.05) is 27.8 Å². The van der Waals surface area contributed by atoms with E-state index in [0.29, 0.717) is 10.6 Å². The summed E-state index contributed by atoms with van der Waals surface area (Å²) in [5, 5.41) is 0.514. The highest BCUT2D eigenvalue weighted by molar-refractivity contribution is 6.30. The first-order chi connectivity index (χ1) is 15.0. The van der Waals surface area contributed by atoms with E-state index in [9.17, 15) is 14.4 Å². The molecule has 4 rings (SSSR count). The number of rotatable bonds is 4. The molecule has 152 valence electrons. The van der Waals surface area contributed by atoms with Gasteiger partial charge in [0.15, 0.2) is 0 Å². The second kappa shape index (κ2) is 8.77. The SMILES string of the molecule is O=C(c1ccccc1)N(C(=O)c1ccccc1)c1nc(=O)cc(-c2ccc(Cl)cc2)o1. The molecule has 0 unspecified atom stereocenters. The third-order valence-corrected chi connectivity index (χ3v) is 4.68. The topological polar surface area (TPSA) is 80.5 Å². The van der Waals surface area contributed by atoms with Crippen LogP contribution in [0.15, 0.2) is 100 Å². The zero-order chi connectivity index (χ0) is 21.8. The molecule has 0 saturated carbocycles. The summed E-state index contributed by atoms with van der Waals surface area (Å²) in [6, 6.07) is 23.8. The third kappa shape index (κ3) is 4.44. The van der Waals surface area contributed by atoms with E-state index >= 15 is 0 Å². The molecule has 7 heteroatoms. The van der Waals surface area contributed by atoms with Gasteiger partial charge in [-0.25, -0.2) is 0 Å². The summed E-state index contributed by atoms with van der Waals surface area (Å²) in [5.74, 6) is -1.19. The van der Waals surface area contributed by atoms with Gasteiger partial charge < -0.3 is 4.42 Å². The normalized spacial score (nSPS) is 10.5. The molecule has 0 atom stereocenters. The summed E-state index contributed by atoms with van der Waals surface area (Å²) < 4.78 is 5.76. The van der Waals surface area contributed by atoms with Crippen molar-refractivity contribution in [3.63, 3.8) is 0 Å². The van der Waals surface area contributed by atoms with Crippen LogP contribution in [0.25, 0.3) is 11.3 Å². The first-order valence-electron chi connectivity index (χ1n) is 9.30. The van der Waals surface area contributed by atoms with E-state index in [2.05, 4.69) is 4.98 Å². The van der Waals surface area contributed by atoms with Gasteiger partial charge in [0.2, 0.25) is 0 Å². The molecule has 0 radical (unpaired) electrons. The fraction of sp³-hybridized carbons (Fsp3) is 0. The van der Waals surface area contributed by atoms with E-state index in [1.807, 2.05) is 0 Å². The minimum Gasteiger partial charge on any atom is -0.424 e. The number of nitrogens with zero attached hydrogens (tertiary/aromatic N) is 2. The van der Waals surface area contributed by atoms with Crippen LogP contribution in [-0.2, 0) is 0 Å². The number of carbonyl (C=O) groups excluding carboxylic acids is 2. The van der Waals surface area contributed by atoms with Crippen molar-refractivity contribution < 1.29 is 14.0 Å². The standard InChI is InChI=1S/C24H15ClN2O4/c25-19-13-11-16(12-14-19)20-15-21(28)26-24(31-20)27(22(29)17-7-3-1-4-8-17)23(30)18-9-5-2-6-10-18/h1-15H. The molecule has 3 aromatic carbocycles. The molecular formula is C24H15ClN2O4. The van der Waals surface area contributed by atoms with E-state index in [0.717, 1.165) is 4.90 Å². The number of amides is 2. The average molecular weight is 431 g/mol. The lowest BCUT2D eigenvalue weighted by molar-refractivity contribution is 0.0889. The highest BCUT2D eigenvalue weighted by atomic mass is 35.5.